The summed E-state index contributed by atoms with van der Waals surface area (Å²) in [5.41, 5.74) is 0.917. The fraction of sp³-hybridized carbons (Fsp3) is 0.300. The monoisotopic (exact) mass is 406 g/mol. The van der Waals surface area contributed by atoms with E-state index in [1.165, 1.54) is 11.8 Å². The molecule has 0 aliphatic heterocycles. The first-order valence-corrected chi connectivity index (χ1v) is 9.90. The van der Waals surface area contributed by atoms with E-state index in [0.717, 1.165) is 4.90 Å². The second-order valence-corrected chi connectivity index (χ2v) is 7.46. The zero-order valence-corrected chi connectivity index (χ0v) is 16.9. The van der Waals surface area contributed by atoms with Crippen LogP contribution < -0.4 is 10.6 Å². The minimum Gasteiger partial charge on any atom is -0.383 e. The molecule has 0 saturated heterocycles. The number of methoxy groups -OCH3 is 1. The van der Waals surface area contributed by atoms with Crippen LogP contribution in [0.3, 0.4) is 0 Å². The number of nitrogens with one attached hydrogen (secondary N) is 2. The van der Waals surface area contributed by atoms with E-state index >= 15 is 0 Å². The number of rotatable bonds is 9. The smallest absolute Gasteiger partial charge is 0.253 e. The summed E-state index contributed by atoms with van der Waals surface area (Å²) in [6.07, 6.45) is 0.654. The number of amides is 2. The van der Waals surface area contributed by atoms with E-state index in [1.54, 1.807) is 43.5 Å². The maximum Gasteiger partial charge on any atom is 0.253 e. The van der Waals surface area contributed by atoms with Gasteiger partial charge in [-0.15, -0.1) is 11.8 Å². The molecule has 1 atom stereocenters. The van der Waals surface area contributed by atoms with E-state index in [-0.39, 0.29) is 17.1 Å². The van der Waals surface area contributed by atoms with Crippen molar-refractivity contribution in [2.24, 2.45) is 0 Å². The summed E-state index contributed by atoms with van der Waals surface area (Å²) >= 11 is 7.38. The summed E-state index contributed by atoms with van der Waals surface area (Å²) in [5, 5.41) is 6.03. The van der Waals surface area contributed by atoms with Gasteiger partial charge in [-0.1, -0.05) is 30.7 Å². The molecule has 7 heteroatoms. The number of hydrogen-bond acceptors (Lipinski definition) is 4. The van der Waals surface area contributed by atoms with Crippen molar-refractivity contribution in [2.45, 2.75) is 23.5 Å². The normalized spacial score (nSPS) is 11.7. The van der Waals surface area contributed by atoms with Crippen molar-refractivity contribution in [1.82, 2.24) is 5.32 Å². The highest BCUT2D eigenvalue weighted by atomic mass is 35.5. The van der Waals surface area contributed by atoms with Gasteiger partial charge < -0.3 is 15.4 Å². The highest BCUT2D eigenvalue weighted by Gasteiger charge is 2.20. The van der Waals surface area contributed by atoms with Crippen LogP contribution in [-0.4, -0.2) is 37.3 Å². The number of anilines is 1. The number of benzene rings is 2. The van der Waals surface area contributed by atoms with Gasteiger partial charge in [0.2, 0.25) is 5.91 Å². The standard InChI is InChI=1S/C20H23ClN2O3S/c1-3-18(27-15-10-8-14(21)9-11-15)20(25)23-17-7-5-4-6-16(17)19(24)22-12-13-26-2/h4-11,18H,3,12-13H2,1-2H3,(H,22,24)(H,23,25)/t18-/m1/s1. The maximum absolute atomic E-state index is 12.7. The van der Waals surface area contributed by atoms with Gasteiger partial charge in [-0.25, -0.2) is 0 Å². The van der Waals surface area contributed by atoms with E-state index in [0.29, 0.717) is 35.8 Å². The summed E-state index contributed by atoms with van der Waals surface area (Å²) in [6.45, 7) is 2.79. The Balaban J connectivity index is 2.07. The summed E-state index contributed by atoms with van der Waals surface area (Å²) in [4.78, 5) is 26.1. The fourth-order valence-electron chi connectivity index (χ4n) is 2.36. The number of halogens is 1. The molecule has 2 rings (SSSR count). The molecule has 0 fully saturated rings. The number of ether oxygens (including phenoxy) is 1. The number of carbonyl (C=O) groups excluding carboxylic acids is 2. The van der Waals surface area contributed by atoms with Crippen LogP contribution in [0.5, 0.6) is 0 Å². The Morgan fingerprint density at radius 2 is 1.85 bits per heavy atom. The van der Waals surface area contributed by atoms with Gasteiger partial charge in [0.25, 0.3) is 5.91 Å². The number of thioether (sulfide) groups is 1. The van der Waals surface area contributed by atoms with E-state index in [4.69, 9.17) is 16.3 Å². The van der Waals surface area contributed by atoms with Gasteiger partial charge in [0.05, 0.1) is 23.1 Å². The van der Waals surface area contributed by atoms with Crippen molar-refractivity contribution in [3.8, 4) is 0 Å². The van der Waals surface area contributed by atoms with Crippen molar-refractivity contribution in [1.29, 1.82) is 0 Å². The van der Waals surface area contributed by atoms with Gasteiger partial charge in [-0.3, -0.25) is 9.59 Å². The molecule has 2 aromatic rings. The summed E-state index contributed by atoms with van der Waals surface area (Å²) in [7, 11) is 1.57. The number of para-hydroxylation sites is 1. The Labute approximate surface area is 168 Å². The average molecular weight is 407 g/mol. The average Bonchev–Trinajstić information content (AvgIpc) is 2.68. The van der Waals surface area contributed by atoms with Gasteiger partial charge in [0.15, 0.2) is 0 Å². The molecule has 0 unspecified atom stereocenters. The van der Waals surface area contributed by atoms with Crippen LogP contribution in [0.4, 0.5) is 5.69 Å². The Kier molecular flexibility index (Phi) is 8.64. The molecular weight excluding hydrogens is 384 g/mol. The number of carbonyl (C=O) groups is 2. The Bertz CT molecular complexity index is 768. The largest absolute Gasteiger partial charge is 0.383 e. The molecule has 27 heavy (non-hydrogen) atoms. The van der Waals surface area contributed by atoms with Crippen molar-refractivity contribution in [3.05, 3.63) is 59.1 Å². The van der Waals surface area contributed by atoms with E-state index < -0.39 is 0 Å². The predicted octanol–water partition coefficient (Wildman–Crippen LogP) is 4.23. The molecule has 0 spiro atoms. The van der Waals surface area contributed by atoms with Gasteiger partial charge in [0.1, 0.15) is 0 Å². The Morgan fingerprint density at radius 1 is 1.15 bits per heavy atom. The van der Waals surface area contributed by atoms with Crippen LogP contribution in [0.25, 0.3) is 0 Å². The molecule has 0 aromatic heterocycles. The highest BCUT2D eigenvalue weighted by molar-refractivity contribution is 8.00. The lowest BCUT2D eigenvalue weighted by atomic mass is 10.1. The summed E-state index contributed by atoms with van der Waals surface area (Å²) < 4.78 is 4.94. The van der Waals surface area contributed by atoms with E-state index in [1.807, 2.05) is 19.1 Å². The first kappa shape index (κ1) is 21.3. The van der Waals surface area contributed by atoms with E-state index in [9.17, 15) is 9.59 Å². The van der Waals surface area contributed by atoms with Gasteiger partial charge in [-0.05, 0) is 42.8 Å². The quantitative estimate of drug-likeness (QED) is 0.483. The van der Waals surface area contributed by atoms with Gasteiger partial charge in [-0.2, -0.15) is 0 Å². The fourth-order valence-corrected chi connectivity index (χ4v) is 3.45. The summed E-state index contributed by atoms with van der Waals surface area (Å²) in [6, 6.07) is 14.3. The van der Waals surface area contributed by atoms with Crippen molar-refractivity contribution < 1.29 is 14.3 Å². The number of hydrogen-bond donors (Lipinski definition) is 2. The molecule has 0 heterocycles. The first-order chi connectivity index (χ1) is 13.0. The van der Waals surface area contributed by atoms with Gasteiger partial charge >= 0.3 is 0 Å². The maximum atomic E-state index is 12.7. The van der Waals surface area contributed by atoms with E-state index in [2.05, 4.69) is 10.6 Å². The van der Waals surface area contributed by atoms with Crippen LogP contribution in [0.2, 0.25) is 5.02 Å². The molecule has 0 aliphatic carbocycles. The van der Waals surface area contributed by atoms with Crippen LogP contribution in [0.1, 0.15) is 23.7 Å². The molecule has 0 saturated carbocycles. The van der Waals surface area contributed by atoms with Gasteiger partial charge in [0, 0.05) is 23.6 Å². The third-order valence-corrected chi connectivity index (χ3v) is 5.40. The third kappa shape index (κ3) is 6.57. The molecule has 2 N–H and O–H groups in total. The lowest BCUT2D eigenvalue weighted by molar-refractivity contribution is -0.115. The second kappa shape index (κ2) is 11.0. The second-order valence-electron chi connectivity index (χ2n) is 5.75. The topological polar surface area (TPSA) is 67.4 Å². The van der Waals surface area contributed by atoms with Crippen molar-refractivity contribution >= 4 is 40.9 Å². The first-order valence-electron chi connectivity index (χ1n) is 8.64. The zero-order valence-electron chi connectivity index (χ0n) is 15.3. The van der Waals surface area contributed by atoms with Crippen LogP contribution in [0, 0.1) is 0 Å². The lowest BCUT2D eigenvalue weighted by Gasteiger charge is -2.16. The van der Waals surface area contributed by atoms with Crippen LogP contribution in [0.15, 0.2) is 53.4 Å². The minimum atomic E-state index is -0.282. The lowest BCUT2D eigenvalue weighted by Crippen LogP contribution is -2.29. The molecule has 0 aliphatic rings. The Morgan fingerprint density at radius 3 is 2.52 bits per heavy atom. The molecular formula is C20H23ClN2O3S. The minimum absolute atomic E-state index is 0.144. The molecule has 2 aromatic carbocycles. The third-order valence-electron chi connectivity index (χ3n) is 3.78. The van der Waals surface area contributed by atoms with Crippen LogP contribution in [-0.2, 0) is 9.53 Å². The van der Waals surface area contributed by atoms with Crippen LogP contribution >= 0.6 is 23.4 Å². The highest BCUT2D eigenvalue weighted by Crippen LogP contribution is 2.28. The zero-order chi connectivity index (χ0) is 19.6. The molecule has 5 nitrogen and oxygen atoms in total. The predicted molar refractivity (Wildman–Crippen MR) is 111 cm³/mol. The summed E-state index contributed by atoms with van der Waals surface area (Å²) in [5.74, 6) is -0.393. The van der Waals surface area contributed by atoms with Crippen molar-refractivity contribution in [2.75, 3.05) is 25.6 Å². The molecule has 2 amide bonds. The molecule has 144 valence electrons. The Hall–Kier alpha value is -2.02. The molecule has 0 radical (unpaired) electrons. The SMILES string of the molecule is CC[C@@H](Sc1ccc(Cl)cc1)C(=O)Nc1ccccc1C(=O)NCCOC. The molecule has 0 bridgehead atoms. The van der Waals surface area contributed by atoms with Crippen molar-refractivity contribution in [3.63, 3.8) is 0 Å².